The molecule has 0 aromatic rings. The largest absolute Gasteiger partial charge is 0.355 e. The summed E-state index contributed by atoms with van der Waals surface area (Å²) >= 11 is 0. The second-order valence-electron chi connectivity index (χ2n) is 5.11. The Bertz CT molecular complexity index is 413. The Morgan fingerprint density at radius 3 is 2.80 bits per heavy atom. The Kier molecular flexibility index (Phi) is 6.87. The maximum Gasteiger partial charge on any atom is 0.281 e. The number of carbonyl (C=O) groups excluding carboxylic acids is 1. The van der Waals surface area contributed by atoms with Crippen LogP contribution in [0.5, 0.6) is 0 Å². The quantitative estimate of drug-likeness (QED) is 0.654. The average molecular weight is 306 g/mol. The van der Waals surface area contributed by atoms with Crippen molar-refractivity contribution in [3.63, 3.8) is 0 Å². The highest BCUT2D eigenvalue weighted by Gasteiger charge is 2.34. The van der Waals surface area contributed by atoms with Crippen molar-refractivity contribution >= 4 is 16.1 Å². The van der Waals surface area contributed by atoms with Crippen LogP contribution in [-0.2, 0) is 15.0 Å². The van der Waals surface area contributed by atoms with Crippen molar-refractivity contribution in [1.29, 1.82) is 0 Å². The van der Waals surface area contributed by atoms with Gasteiger partial charge in [-0.05, 0) is 19.3 Å². The van der Waals surface area contributed by atoms with Crippen LogP contribution in [0.3, 0.4) is 0 Å². The molecule has 20 heavy (non-hydrogen) atoms. The molecule has 1 amide bonds. The highest BCUT2D eigenvalue weighted by atomic mass is 32.2. The molecule has 0 aliphatic carbocycles. The van der Waals surface area contributed by atoms with Crippen LogP contribution in [0.1, 0.15) is 26.2 Å². The summed E-state index contributed by atoms with van der Waals surface area (Å²) in [5.41, 5.74) is 5.35. The van der Waals surface area contributed by atoms with Crippen molar-refractivity contribution in [3.8, 4) is 0 Å². The fraction of sp³-hybridized carbons (Fsp3) is 0.917. The van der Waals surface area contributed by atoms with E-state index in [1.54, 1.807) is 7.05 Å². The summed E-state index contributed by atoms with van der Waals surface area (Å²) < 4.78 is 27.5. The van der Waals surface area contributed by atoms with Gasteiger partial charge in [-0.25, -0.2) is 0 Å². The third-order valence-corrected chi connectivity index (χ3v) is 5.41. The van der Waals surface area contributed by atoms with Crippen molar-refractivity contribution in [2.45, 2.75) is 26.2 Å². The Hall–Kier alpha value is -0.700. The predicted octanol–water partition coefficient (Wildman–Crippen LogP) is -0.640. The van der Waals surface area contributed by atoms with Gasteiger partial charge in [-0.2, -0.15) is 17.0 Å². The Balaban J connectivity index is 2.66. The molecule has 1 saturated heterocycles. The maximum atomic E-state index is 12.4. The fourth-order valence-corrected chi connectivity index (χ4v) is 3.87. The molecule has 118 valence electrons. The Morgan fingerprint density at radius 1 is 1.50 bits per heavy atom. The molecule has 1 atom stereocenters. The normalized spacial score (nSPS) is 21.1. The van der Waals surface area contributed by atoms with Crippen molar-refractivity contribution in [2.75, 3.05) is 39.8 Å². The summed E-state index contributed by atoms with van der Waals surface area (Å²) in [5, 5.41) is 2.73. The molecular weight excluding hydrogens is 280 g/mol. The van der Waals surface area contributed by atoms with E-state index in [2.05, 4.69) is 5.32 Å². The van der Waals surface area contributed by atoms with E-state index >= 15 is 0 Å². The number of hydrogen-bond acceptors (Lipinski definition) is 4. The minimum Gasteiger partial charge on any atom is -0.355 e. The first-order valence-electron chi connectivity index (χ1n) is 7.12. The van der Waals surface area contributed by atoms with E-state index in [-0.39, 0.29) is 18.4 Å². The van der Waals surface area contributed by atoms with Gasteiger partial charge in [0.15, 0.2) is 0 Å². The van der Waals surface area contributed by atoms with E-state index in [0.717, 1.165) is 12.8 Å². The van der Waals surface area contributed by atoms with Gasteiger partial charge in [0.25, 0.3) is 10.2 Å². The van der Waals surface area contributed by atoms with Gasteiger partial charge in [0.05, 0.1) is 5.92 Å². The standard InChI is InChI=1S/C12H26N4O3S/c1-3-8-15(2)20(18,19)16-9-4-5-11(10-16)12(17)14-7-6-13/h11H,3-10,13H2,1-2H3,(H,14,17). The Morgan fingerprint density at radius 2 is 2.20 bits per heavy atom. The molecule has 0 aromatic heterocycles. The van der Waals surface area contributed by atoms with E-state index in [1.165, 1.54) is 8.61 Å². The number of hydrogen-bond donors (Lipinski definition) is 2. The molecule has 0 bridgehead atoms. The van der Waals surface area contributed by atoms with Crippen molar-refractivity contribution in [1.82, 2.24) is 13.9 Å². The first-order chi connectivity index (χ1) is 9.43. The maximum absolute atomic E-state index is 12.4. The van der Waals surface area contributed by atoms with Gasteiger partial charge in [-0.1, -0.05) is 6.92 Å². The van der Waals surface area contributed by atoms with Gasteiger partial charge < -0.3 is 11.1 Å². The smallest absolute Gasteiger partial charge is 0.281 e. The monoisotopic (exact) mass is 306 g/mol. The minimum atomic E-state index is -3.45. The van der Waals surface area contributed by atoms with E-state index in [4.69, 9.17) is 5.73 Å². The van der Waals surface area contributed by atoms with Crippen LogP contribution in [0, 0.1) is 5.92 Å². The molecule has 1 heterocycles. The number of rotatable bonds is 7. The van der Waals surface area contributed by atoms with Crippen LogP contribution >= 0.6 is 0 Å². The molecule has 1 rings (SSSR count). The third kappa shape index (κ3) is 4.41. The SMILES string of the molecule is CCCN(C)S(=O)(=O)N1CCCC(C(=O)NCCN)C1. The first-order valence-corrected chi connectivity index (χ1v) is 8.52. The number of amides is 1. The van der Waals surface area contributed by atoms with Gasteiger partial charge in [0.1, 0.15) is 0 Å². The summed E-state index contributed by atoms with van der Waals surface area (Å²) in [6.45, 7) is 3.98. The molecule has 1 unspecified atom stereocenters. The van der Waals surface area contributed by atoms with Gasteiger partial charge in [-0.3, -0.25) is 4.79 Å². The topological polar surface area (TPSA) is 95.7 Å². The molecule has 3 N–H and O–H groups in total. The van der Waals surface area contributed by atoms with Crippen LogP contribution < -0.4 is 11.1 Å². The zero-order chi connectivity index (χ0) is 15.2. The molecule has 0 saturated carbocycles. The number of piperidine rings is 1. The molecule has 1 aliphatic rings. The minimum absolute atomic E-state index is 0.103. The second-order valence-corrected chi connectivity index (χ2v) is 7.14. The van der Waals surface area contributed by atoms with Crippen LogP contribution in [0.15, 0.2) is 0 Å². The van der Waals surface area contributed by atoms with Gasteiger partial charge >= 0.3 is 0 Å². The molecule has 0 radical (unpaired) electrons. The fourth-order valence-electron chi connectivity index (χ4n) is 2.33. The average Bonchev–Trinajstić information content (AvgIpc) is 2.45. The third-order valence-electron chi connectivity index (χ3n) is 3.46. The van der Waals surface area contributed by atoms with Crippen LogP contribution in [0.2, 0.25) is 0 Å². The molecule has 8 heteroatoms. The number of carbonyl (C=O) groups is 1. The van der Waals surface area contributed by atoms with Crippen molar-refractivity contribution in [2.24, 2.45) is 11.7 Å². The highest BCUT2D eigenvalue weighted by Crippen LogP contribution is 2.20. The lowest BCUT2D eigenvalue weighted by atomic mass is 9.99. The zero-order valence-corrected chi connectivity index (χ0v) is 13.2. The van der Waals surface area contributed by atoms with Crippen LogP contribution in [-0.4, -0.2) is 62.7 Å². The summed E-state index contributed by atoms with van der Waals surface area (Å²) in [6, 6.07) is 0. The summed E-state index contributed by atoms with van der Waals surface area (Å²) in [7, 11) is -1.87. The van der Waals surface area contributed by atoms with Gasteiger partial charge in [0.2, 0.25) is 5.91 Å². The van der Waals surface area contributed by atoms with E-state index in [0.29, 0.717) is 32.6 Å². The van der Waals surface area contributed by atoms with E-state index in [1.807, 2.05) is 6.92 Å². The van der Waals surface area contributed by atoms with Gasteiger partial charge in [0, 0.05) is 39.8 Å². The lowest BCUT2D eigenvalue weighted by molar-refractivity contribution is -0.126. The number of nitrogens with two attached hydrogens (primary N) is 1. The molecule has 1 fully saturated rings. The molecular formula is C12H26N4O3S. The molecule has 0 aromatic carbocycles. The number of nitrogens with one attached hydrogen (secondary N) is 1. The van der Waals surface area contributed by atoms with Crippen molar-refractivity contribution < 1.29 is 13.2 Å². The lowest BCUT2D eigenvalue weighted by Crippen LogP contribution is -2.50. The zero-order valence-electron chi connectivity index (χ0n) is 12.3. The summed E-state index contributed by atoms with van der Waals surface area (Å²) in [6.07, 6.45) is 2.20. The second kappa shape index (κ2) is 7.92. The lowest BCUT2D eigenvalue weighted by Gasteiger charge is -2.33. The van der Waals surface area contributed by atoms with Crippen molar-refractivity contribution in [3.05, 3.63) is 0 Å². The molecule has 0 spiro atoms. The van der Waals surface area contributed by atoms with Gasteiger partial charge in [-0.15, -0.1) is 0 Å². The molecule has 1 aliphatic heterocycles. The number of nitrogens with zero attached hydrogens (tertiary/aromatic N) is 2. The predicted molar refractivity (Wildman–Crippen MR) is 78.2 cm³/mol. The Labute approximate surface area is 121 Å². The summed E-state index contributed by atoms with van der Waals surface area (Å²) in [5.74, 6) is -0.381. The highest BCUT2D eigenvalue weighted by molar-refractivity contribution is 7.86. The van der Waals surface area contributed by atoms with Crippen LogP contribution in [0.4, 0.5) is 0 Å². The van der Waals surface area contributed by atoms with Crippen LogP contribution in [0.25, 0.3) is 0 Å². The summed E-state index contributed by atoms with van der Waals surface area (Å²) in [4.78, 5) is 11.9. The van der Waals surface area contributed by atoms with E-state index < -0.39 is 10.2 Å². The van der Waals surface area contributed by atoms with E-state index in [9.17, 15) is 13.2 Å². The molecule has 7 nitrogen and oxygen atoms in total. The first kappa shape index (κ1) is 17.4.